The first-order valence-corrected chi connectivity index (χ1v) is 12.6. The quantitative estimate of drug-likeness (QED) is 0.523. The molecule has 0 unspecified atom stereocenters. The molecule has 0 bridgehead atoms. The van der Waals surface area contributed by atoms with E-state index in [1.54, 1.807) is 0 Å². The van der Waals surface area contributed by atoms with E-state index in [2.05, 4.69) is 22.5 Å². The van der Waals surface area contributed by atoms with Crippen LogP contribution in [0.5, 0.6) is 5.75 Å². The average Bonchev–Trinajstić information content (AvgIpc) is 3.61. The van der Waals surface area contributed by atoms with E-state index in [0.717, 1.165) is 56.5 Å². The molecule has 3 aromatic rings. The van der Waals surface area contributed by atoms with Crippen LogP contribution in [0.1, 0.15) is 47.6 Å². The highest BCUT2D eigenvalue weighted by molar-refractivity contribution is 5.94. The lowest BCUT2D eigenvalue weighted by atomic mass is 10.0. The normalized spacial score (nSPS) is 21.7. The average molecular weight is 475 g/mol. The van der Waals surface area contributed by atoms with Crippen molar-refractivity contribution in [1.82, 2.24) is 20.0 Å². The molecule has 0 radical (unpaired) electrons. The Bertz CT molecular complexity index is 1060. The molecule has 5 rings (SSSR count). The second-order valence-corrected chi connectivity index (χ2v) is 9.65. The summed E-state index contributed by atoms with van der Waals surface area (Å²) in [5.74, 6) is 0.883. The van der Waals surface area contributed by atoms with Gasteiger partial charge in [0.1, 0.15) is 18.5 Å². The van der Waals surface area contributed by atoms with Gasteiger partial charge in [0.25, 0.3) is 5.91 Å². The molecular weight excluding hydrogens is 440 g/mol. The number of nitrogens with one attached hydrogen (secondary N) is 1. The maximum Gasteiger partial charge on any atom is 0.253 e. The van der Waals surface area contributed by atoms with Crippen molar-refractivity contribution in [2.75, 3.05) is 19.7 Å². The minimum Gasteiger partial charge on any atom is -0.491 e. The zero-order valence-corrected chi connectivity index (χ0v) is 20.0. The van der Waals surface area contributed by atoms with Crippen LogP contribution in [0.4, 0.5) is 0 Å². The van der Waals surface area contributed by atoms with Crippen molar-refractivity contribution in [3.63, 3.8) is 0 Å². The number of ether oxygens (including phenoxy) is 1. The first-order chi connectivity index (χ1) is 17.2. The Morgan fingerprint density at radius 3 is 2.51 bits per heavy atom. The standard InChI is InChI=1S/C28H34N4O3/c33-27(20-35-25-5-2-1-3-6-25)26-12-11-23(30-26)19-21-7-9-22(10-8-21)28(34)31-17-13-24(14-18-31)32-16-4-15-29-32/h1-10,15-16,23-24,26-27,30,33H,11-14,17-20H2/t23-,26+,27+/m0/s1. The molecule has 2 aliphatic rings. The summed E-state index contributed by atoms with van der Waals surface area (Å²) in [5.41, 5.74) is 1.95. The van der Waals surface area contributed by atoms with Crippen LogP contribution in [0.25, 0.3) is 0 Å². The number of para-hydroxylation sites is 1. The molecule has 3 atom stereocenters. The van der Waals surface area contributed by atoms with Crippen LogP contribution < -0.4 is 10.1 Å². The number of aliphatic hydroxyl groups is 1. The highest BCUT2D eigenvalue weighted by Gasteiger charge is 2.30. The molecule has 2 aliphatic heterocycles. The monoisotopic (exact) mass is 474 g/mol. The van der Waals surface area contributed by atoms with Crippen LogP contribution in [0.15, 0.2) is 73.1 Å². The summed E-state index contributed by atoms with van der Waals surface area (Å²) in [6.45, 7) is 1.80. The van der Waals surface area contributed by atoms with Crippen molar-refractivity contribution in [2.45, 2.75) is 56.3 Å². The molecule has 2 saturated heterocycles. The van der Waals surface area contributed by atoms with Crippen LogP contribution in [0.2, 0.25) is 0 Å². The Morgan fingerprint density at radius 1 is 1.03 bits per heavy atom. The fourth-order valence-electron chi connectivity index (χ4n) is 5.21. The van der Waals surface area contributed by atoms with Crippen molar-refractivity contribution in [1.29, 1.82) is 0 Å². The Kier molecular flexibility index (Phi) is 7.45. The third-order valence-electron chi connectivity index (χ3n) is 7.24. The number of rotatable bonds is 8. The van der Waals surface area contributed by atoms with Gasteiger partial charge in [0.15, 0.2) is 0 Å². The van der Waals surface area contributed by atoms with E-state index in [1.165, 1.54) is 5.56 Å². The van der Waals surface area contributed by atoms with E-state index in [1.807, 2.05) is 70.5 Å². The number of benzene rings is 2. The predicted molar refractivity (Wildman–Crippen MR) is 134 cm³/mol. The van der Waals surface area contributed by atoms with Gasteiger partial charge in [-0.2, -0.15) is 5.10 Å². The molecule has 1 aromatic heterocycles. The van der Waals surface area contributed by atoms with Crippen molar-refractivity contribution >= 4 is 5.91 Å². The molecular formula is C28H34N4O3. The Balaban J connectivity index is 1.07. The van der Waals surface area contributed by atoms with Crippen molar-refractivity contribution in [3.05, 3.63) is 84.2 Å². The number of aromatic nitrogens is 2. The zero-order chi connectivity index (χ0) is 24.0. The van der Waals surface area contributed by atoms with Gasteiger partial charge in [-0.05, 0) is 68.0 Å². The molecule has 2 N–H and O–H groups in total. The Morgan fingerprint density at radius 2 is 1.80 bits per heavy atom. The molecule has 7 heteroatoms. The number of hydrogen-bond acceptors (Lipinski definition) is 5. The highest BCUT2D eigenvalue weighted by Crippen LogP contribution is 2.24. The summed E-state index contributed by atoms with van der Waals surface area (Å²) in [6.07, 6.45) is 7.95. The van der Waals surface area contributed by atoms with Crippen LogP contribution in [-0.2, 0) is 6.42 Å². The largest absolute Gasteiger partial charge is 0.491 e. The lowest BCUT2D eigenvalue weighted by Gasteiger charge is -2.32. The first kappa shape index (κ1) is 23.6. The fourth-order valence-corrected chi connectivity index (χ4v) is 5.21. The van der Waals surface area contributed by atoms with E-state index in [0.29, 0.717) is 12.1 Å². The minimum absolute atomic E-state index is 0.0363. The molecule has 3 heterocycles. The van der Waals surface area contributed by atoms with Gasteiger partial charge in [-0.25, -0.2) is 0 Å². The molecule has 184 valence electrons. The van der Waals surface area contributed by atoms with Gasteiger partial charge in [0.2, 0.25) is 0 Å². The van der Waals surface area contributed by atoms with Gasteiger partial charge in [0, 0.05) is 43.1 Å². The smallest absolute Gasteiger partial charge is 0.253 e. The van der Waals surface area contributed by atoms with Crippen molar-refractivity contribution in [2.24, 2.45) is 0 Å². The van der Waals surface area contributed by atoms with Crippen LogP contribution in [0, 0.1) is 0 Å². The summed E-state index contributed by atoms with van der Waals surface area (Å²) >= 11 is 0. The number of nitrogens with zero attached hydrogens (tertiary/aromatic N) is 3. The van der Waals surface area contributed by atoms with Gasteiger partial charge in [-0.1, -0.05) is 30.3 Å². The van der Waals surface area contributed by atoms with Crippen molar-refractivity contribution < 1.29 is 14.6 Å². The van der Waals surface area contributed by atoms with Gasteiger partial charge in [-0.15, -0.1) is 0 Å². The number of amides is 1. The van der Waals surface area contributed by atoms with Gasteiger partial charge in [0.05, 0.1) is 6.04 Å². The molecule has 1 amide bonds. The van der Waals surface area contributed by atoms with E-state index >= 15 is 0 Å². The van der Waals surface area contributed by atoms with E-state index < -0.39 is 6.10 Å². The molecule has 0 saturated carbocycles. The van der Waals surface area contributed by atoms with E-state index in [4.69, 9.17) is 4.74 Å². The Hall–Kier alpha value is -3.16. The van der Waals surface area contributed by atoms with Crippen molar-refractivity contribution in [3.8, 4) is 5.75 Å². The summed E-state index contributed by atoms with van der Waals surface area (Å²) in [7, 11) is 0. The maximum atomic E-state index is 13.0. The lowest BCUT2D eigenvalue weighted by Crippen LogP contribution is -2.42. The van der Waals surface area contributed by atoms with Gasteiger partial charge in [-0.3, -0.25) is 9.48 Å². The first-order valence-electron chi connectivity index (χ1n) is 12.6. The molecule has 0 aliphatic carbocycles. The van der Waals surface area contributed by atoms with Gasteiger partial charge >= 0.3 is 0 Å². The Labute approximate surface area is 206 Å². The number of carbonyl (C=O) groups excluding carboxylic acids is 1. The third kappa shape index (κ3) is 5.92. The molecule has 7 nitrogen and oxygen atoms in total. The fraction of sp³-hybridized carbons (Fsp3) is 0.429. The number of likely N-dealkylation sites (tertiary alicyclic amines) is 1. The van der Waals surface area contributed by atoms with Crippen LogP contribution >= 0.6 is 0 Å². The third-order valence-corrected chi connectivity index (χ3v) is 7.24. The predicted octanol–water partition coefficient (Wildman–Crippen LogP) is 3.46. The summed E-state index contributed by atoms with van der Waals surface area (Å²) in [6, 6.07) is 20.3. The van der Waals surface area contributed by atoms with E-state index in [-0.39, 0.29) is 18.6 Å². The SMILES string of the molecule is O=C(c1ccc(C[C@@H]2CC[C@H]([C@H](O)COc3ccccc3)N2)cc1)N1CCC(n2cccn2)CC1. The van der Waals surface area contributed by atoms with Gasteiger partial charge < -0.3 is 20.1 Å². The second-order valence-electron chi connectivity index (χ2n) is 9.65. The van der Waals surface area contributed by atoms with Crippen LogP contribution in [-0.4, -0.2) is 63.6 Å². The molecule has 35 heavy (non-hydrogen) atoms. The minimum atomic E-state index is -0.544. The molecule has 2 aromatic carbocycles. The number of hydrogen-bond donors (Lipinski definition) is 2. The number of piperidine rings is 1. The summed E-state index contributed by atoms with van der Waals surface area (Å²) in [5, 5.41) is 18.5. The molecule has 0 spiro atoms. The second kappa shape index (κ2) is 11.1. The lowest BCUT2D eigenvalue weighted by molar-refractivity contribution is 0.0690. The number of carbonyl (C=O) groups is 1. The zero-order valence-electron chi connectivity index (χ0n) is 20.0. The summed E-state index contributed by atoms with van der Waals surface area (Å²) in [4.78, 5) is 14.9. The molecule has 2 fully saturated rings. The summed E-state index contributed by atoms with van der Waals surface area (Å²) < 4.78 is 7.72. The maximum absolute atomic E-state index is 13.0. The van der Waals surface area contributed by atoms with Crippen LogP contribution in [0.3, 0.4) is 0 Å². The number of aliphatic hydroxyl groups excluding tert-OH is 1. The van der Waals surface area contributed by atoms with E-state index in [9.17, 15) is 9.90 Å². The highest BCUT2D eigenvalue weighted by atomic mass is 16.5. The topological polar surface area (TPSA) is 79.6 Å².